The molecule has 0 bridgehead atoms. The number of aliphatic imine (C=N–C) groups is 1. The molecule has 0 saturated carbocycles. The minimum atomic E-state index is -0.192. The zero-order valence-electron chi connectivity index (χ0n) is 16.5. The first kappa shape index (κ1) is 23.3. The van der Waals surface area contributed by atoms with Gasteiger partial charge in [-0.25, -0.2) is 4.79 Å². The van der Waals surface area contributed by atoms with Gasteiger partial charge in [-0.3, -0.25) is 9.89 Å². The van der Waals surface area contributed by atoms with Gasteiger partial charge in [0.1, 0.15) is 0 Å². The maximum absolute atomic E-state index is 11.8. The number of piperidine rings is 1. The van der Waals surface area contributed by atoms with Gasteiger partial charge >= 0.3 is 6.09 Å². The summed E-state index contributed by atoms with van der Waals surface area (Å²) in [6.07, 6.45) is 4.18. The largest absolute Gasteiger partial charge is 0.450 e. The summed E-state index contributed by atoms with van der Waals surface area (Å²) in [5, 5.41) is 6.90. The van der Waals surface area contributed by atoms with Crippen LogP contribution in [0, 0.1) is 0 Å². The SMILES string of the molecule is CCNC(=NCC1CCCN1CC)NC1CCN(C(=O)OCC)CC1.I. The van der Waals surface area contributed by atoms with Crippen LogP contribution < -0.4 is 10.6 Å². The van der Waals surface area contributed by atoms with Crippen molar-refractivity contribution in [3.05, 3.63) is 0 Å². The van der Waals surface area contributed by atoms with E-state index in [1.165, 1.54) is 19.4 Å². The fraction of sp³-hybridized carbons (Fsp3) is 0.889. The predicted molar refractivity (Wildman–Crippen MR) is 116 cm³/mol. The number of nitrogens with zero attached hydrogens (tertiary/aromatic N) is 3. The lowest BCUT2D eigenvalue weighted by Gasteiger charge is -2.32. The second kappa shape index (κ2) is 12.6. The second-order valence-electron chi connectivity index (χ2n) is 6.75. The van der Waals surface area contributed by atoms with Crippen molar-refractivity contribution >= 4 is 36.0 Å². The van der Waals surface area contributed by atoms with Gasteiger partial charge in [0.15, 0.2) is 5.96 Å². The lowest BCUT2D eigenvalue weighted by atomic mass is 10.1. The summed E-state index contributed by atoms with van der Waals surface area (Å²) in [7, 11) is 0. The van der Waals surface area contributed by atoms with Gasteiger partial charge in [0.25, 0.3) is 0 Å². The monoisotopic (exact) mass is 481 g/mol. The van der Waals surface area contributed by atoms with Crippen molar-refractivity contribution in [1.29, 1.82) is 0 Å². The first-order chi connectivity index (χ1) is 12.2. The molecule has 1 amide bonds. The molecule has 152 valence electrons. The number of carbonyl (C=O) groups excluding carboxylic acids is 1. The first-order valence-corrected chi connectivity index (χ1v) is 9.88. The van der Waals surface area contributed by atoms with Gasteiger partial charge < -0.3 is 20.3 Å². The number of hydrogen-bond acceptors (Lipinski definition) is 4. The molecule has 7 nitrogen and oxygen atoms in total. The van der Waals surface area contributed by atoms with E-state index < -0.39 is 0 Å². The summed E-state index contributed by atoms with van der Waals surface area (Å²) in [5.41, 5.74) is 0. The van der Waals surface area contributed by atoms with E-state index in [4.69, 9.17) is 9.73 Å². The Morgan fingerprint density at radius 1 is 1.15 bits per heavy atom. The van der Waals surface area contributed by atoms with Crippen LogP contribution in [0.1, 0.15) is 46.5 Å². The molecule has 0 spiro atoms. The maximum Gasteiger partial charge on any atom is 0.409 e. The van der Waals surface area contributed by atoms with E-state index >= 15 is 0 Å². The van der Waals surface area contributed by atoms with Crippen LogP contribution in [-0.4, -0.2) is 79.8 Å². The molecule has 0 radical (unpaired) electrons. The molecule has 2 rings (SSSR count). The van der Waals surface area contributed by atoms with Crippen LogP contribution in [0.2, 0.25) is 0 Å². The van der Waals surface area contributed by atoms with Crippen molar-refractivity contribution in [1.82, 2.24) is 20.4 Å². The van der Waals surface area contributed by atoms with Crippen molar-refractivity contribution in [3.8, 4) is 0 Å². The van der Waals surface area contributed by atoms with E-state index in [0.29, 0.717) is 18.7 Å². The average molecular weight is 481 g/mol. The third-order valence-electron chi connectivity index (χ3n) is 5.07. The number of likely N-dealkylation sites (N-methyl/N-ethyl adjacent to an activating group) is 1. The van der Waals surface area contributed by atoms with E-state index in [-0.39, 0.29) is 30.1 Å². The van der Waals surface area contributed by atoms with Crippen molar-refractivity contribution in [2.75, 3.05) is 45.9 Å². The van der Waals surface area contributed by atoms with Gasteiger partial charge in [0.2, 0.25) is 0 Å². The normalized spacial score (nSPS) is 22.0. The third-order valence-corrected chi connectivity index (χ3v) is 5.07. The van der Waals surface area contributed by atoms with Gasteiger partial charge in [-0.15, -0.1) is 24.0 Å². The standard InChI is InChI=1S/C18H35N5O2.HI/c1-4-19-17(20-14-16-8-7-11-22(16)5-2)21-15-9-12-23(13-10-15)18(24)25-6-3;/h15-16H,4-14H2,1-3H3,(H2,19,20,21);1H. The zero-order chi connectivity index (χ0) is 18.1. The Kier molecular flexibility index (Phi) is 11.3. The number of hydrogen-bond donors (Lipinski definition) is 2. The van der Waals surface area contributed by atoms with Gasteiger partial charge in [-0.1, -0.05) is 6.92 Å². The quantitative estimate of drug-likeness (QED) is 0.346. The Morgan fingerprint density at radius 2 is 1.88 bits per heavy atom. The summed E-state index contributed by atoms with van der Waals surface area (Å²) in [4.78, 5) is 20.9. The van der Waals surface area contributed by atoms with Crippen molar-refractivity contribution < 1.29 is 9.53 Å². The highest BCUT2D eigenvalue weighted by Gasteiger charge is 2.25. The number of ether oxygens (including phenoxy) is 1. The molecule has 0 aromatic carbocycles. The molecule has 0 aromatic heterocycles. The highest BCUT2D eigenvalue weighted by Crippen LogP contribution is 2.16. The van der Waals surface area contributed by atoms with Crippen LogP contribution in [0.4, 0.5) is 4.79 Å². The molecular weight excluding hydrogens is 445 g/mol. The Balaban J connectivity index is 0.00000338. The Hall–Kier alpha value is -0.770. The van der Waals surface area contributed by atoms with Gasteiger partial charge in [-0.2, -0.15) is 0 Å². The molecule has 2 heterocycles. The Morgan fingerprint density at radius 3 is 2.50 bits per heavy atom. The Labute approximate surface area is 175 Å². The van der Waals surface area contributed by atoms with Crippen LogP contribution in [0.3, 0.4) is 0 Å². The average Bonchev–Trinajstić information content (AvgIpc) is 3.08. The van der Waals surface area contributed by atoms with Gasteiger partial charge in [0, 0.05) is 31.7 Å². The maximum atomic E-state index is 11.8. The molecule has 1 atom stereocenters. The molecule has 1 unspecified atom stereocenters. The number of likely N-dealkylation sites (tertiary alicyclic amines) is 2. The van der Waals surface area contributed by atoms with Crippen LogP contribution in [0.25, 0.3) is 0 Å². The van der Waals surface area contributed by atoms with Crippen LogP contribution in [0.5, 0.6) is 0 Å². The van der Waals surface area contributed by atoms with E-state index in [2.05, 4.69) is 29.4 Å². The Bertz CT molecular complexity index is 441. The molecule has 2 aliphatic rings. The lowest BCUT2D eigenvalue weighted by molar-refractivity contribution is 0.0963. The fourth-order valence-electron chi connectivity index (χ4n) is 3.65. The van der Waals surface area contributed by atoms with Crippen LogP contribution in [-0.2, 0) is 4.74 Å². The first-order valence-electron chi connectivity index (χ1n) is 9.88. The number of rotatable bonds is 6. The minimum absolute atomic E-state index is 0. The molecule has 0 aromatic rings. The molecule has 26 heavy (non-hydrogen) atoms. The third kappa shape index (κ3) is 7.09. The molecule has 2 fully saturated rings. The molecule has 8 heteroatoms. The van der Waals surface area contributed by atoms with Crippen molar-refractivity contribution in [2.24, 2.45) is 4.99 Å². The fourth-order valence-corrected chi connectivity index (χ4v) is 3.65. The van der Waals surface area contributed by atoms with E-state index in [1.807, 2.05) is 6.92 Å². The zero-order valence-corrected chi connectivity index (χ0v) is 18.8. The van der Waals surface area contributed by atoms with Crippen LogP contribution >= 0.6 is 24.0 Å². The summed E-state index contributed by atoms with van der Waals surface area (Å²) in [6, 6.07) is 0.931. The van der Waals surface area contributed by atoms with Gasteiger partial charge in [-0.05, 0) is 52.6 Å². The number of halogens is 1. The molecule has 2 aliphatic heterocycles. The summed E-state index contributed by atoms with van der Waals surface area (Å²) >= 11 is 0. The minimum Gasteiger partial charge on any atom is -0.450 e. The predicted octanol–water partition coefficient (Wildman–Crippen LogP) is 2.26. The summed E-state index contributed by atoms with van der Waals surface area (Å²) in [5.74, 6) is 0.903. The summed E-state index contributed by atoms with van der Waals surface area (Å²) in [6.45, 7) is 12.1. The number of amides is 1. The highest BCUT2D eigenvalue weighted by molar-refractivity contribution is 14.0. The second-order valence-corrected chi connectivity index (χ2v) is 6.75. The molecule has 2 saturated heterocycles. The molecule has 0 aliphatic carbocycles. The number of guanidine groups is 1. The van der Waals surface area contributed by atoms with Crippen molar-refractivity contribution in [2.45, 2.75) is 58.5 Å². The molecular formula is C18H36IN5O2. The smallest absolute Gasteiger partial charge is 0.409 e. The molecule has 2 N–H and O–H groups in total. The topological polar surface area (TPSA) is 69.2 Å². The lowest BCUT2D eigenvalue weighted by Crippen LogP contribution is -2.50. The highest BCUT2D eigenvalue weighted by atomic mass is 127. The van der Waals surface area contributed by atoms with E-state index in [1.54, 1.807) is 4.90 Å². The van der Waals surface area contributed by atoms with E-state index in [0.717, 1.165) is 51.5 Å². The number of nitrogens with one attached hydrogen (secondary N) is 2. The summed E-state index contributed by atoms with van der Waals surface area (Å²) < 4.78 is 5.08. The van der Waals surface area contributed by atoms with Gasteiger partial charge in [0.05, 0.1) is 13.2 Å². The van der Waals surface area contributed by atoms with Crippen molar-refractivity contribution in [3.63, 3.8) is 0 Å². The van der Waals surface area contributed by atoms with E-state index in [9.17, 15) is 4.79 Å². The number of carbonyl (C=O) groups is 1. The van der Waals surface area contributed by atoms with Crippen LogP contribution in [0.15, 0.2) is 4.99 Å².